The first-order valence-electron chi connectivity index (χ1n) is 9.89. The Morgan fingerprint density at radius 2 is 1.91 bits per heavy atom. The van der Waals surface area contributed by atoms with E-state index < -0.39 is 22.9 Å². The van der Waals surface area contributed by atoms with Crippen LogP contribution >= 0.6 is 23.1 Å². The largest absolute Gasteiger partial charge is 0.416 e. The number of hydrogen-bond acceptors (Lipinski definition) is 5. The van der Waals surface area contributed by atoms with Crippen molar-refractivity contribution in [2.75, 3.05) is 5.32 Å². The maximum absolute atomic E-state index is 13.4. The maximum atomic E-state index is 13.4. The second kappa shape index (κ2) is 9.48. The van der Waals surface area contributed by atoms with Gasteiger partial charge >= 0.3 is 6.18 Å². The van der Waals surface area contributed by atoms with Crippen LogP contribution in [0.1, 0.15) is 18.9 Å². The van der Waals surface area contributed by atoms with Crippen LogP contribution in [0.15, 0.2) is 65.3 Å². The lowest BCUT2D eigenvalue weighted by atomic mass is 10.1. The number of nitrogens with one attached hydrogen (secondary N) is 1. The summed E-state index contributed by atoms with van der Waals surface area (Å²) in [7, 11) is 0. The molecule has 2 aromatic heterocycles. The van der Waals surface area contributed by atoms with Crippen LogP contribution in [0.5, 0.6) is 0 Å². The van der Waals surface area contributed by atoms with Gasteiger partial charge in [0.15, 0.2) is 0 Å². The lowest BCUT2D eigenvalue weighted by molar-refractivity contribution is -0.137. The first-order valence-corrected chi connectivity index (χ1v) is 11.6. The van der Waals surface area contributed by atoms with Crippen molar-refractivity contribution >= 4 is 44.9 Å². The molecular weight excluding hydrogens is 474 g/mol. The Hall–Kier alpha value is -2.98. The van der Waals surface area contributed by atoms with Gasteiger partial charge in [0, 0.05) is 16.6 Å². The third-order valence-electron chi connectivity index (χ3n) is 4.87. The number of rotatable bonds is 6. The Balaban J connectivity index is 1.61. The molecule has 10 heteroatoms. The van der Waals surface area contributed by atoms with Crippen LogP contribution < -0.4 is 5.32 Å². The van der Waals surface area contributed by atoms with Gasteiger partial charge in [-0.1, -0.05) is 36.9 Å². The highest BCUT2D eigenvalue weighted by Gasteiger charge is 2.31. The molecule has 0 saturated carbocycles. The molecule has 4 nitrogen and oxygen atoms in total. The Kier molecular flexibility index (Phi) is 6.66. The molecular formula is C23H17F4N3OS2. The van der Waals surface area contributed by atoms with Crippen molar-refractivity contribution in [1.29, 1.82) is 0 Å². The Labute approximate surface area is 195 Å². The summed E-state index contributed by atoms with van der Waals surface area (Å²) >= 11 is 2.63. The summed E-state index contributed by atoms with van der Waals surface area (Å²) in [6.07, 6.45) is -2.66. The molecule has 1 N–H and O–H groups in total. The molecule has 0 spiro atoms. The minimum absolute atomic E-state index is 0.0734. The molecule has 4 rings (SSSR count). The normalized spacial score (nSPS) is 12.6. The van der Waals surface area contributed by atoms with E-state index in [1.807, 2.05) is 12.3 Å². The lowest BCUT2D eigenvalue weighted by Crippen LogP contribution is -2.25. The van der Waals surface area contributed by atoms with Gasteiger partial charge in [0.2, 0.25) is 5.91 Å². The highest BCUT2D eigenvalue weighted by Crippen LogP contribution is 2.39. The topological polar surface area (TPSA) is 54.9 Å². The van der Waals surface area contributed by atoms with Gasteiger partial charge in [-0.05, 0) is 42.3 Å². The number of carbonyl (C=O) groups excluding carboxylic acids is 1. The molecule has 0 radical (unpaired) electrons. The van der Waals surface area contributed by atoms with Crippen LogP contribution in [0.25, 0.3) is 21.3 Å². The van der Waals surface area contributed by atoms with Gasteiger partial charge < -0.3 is 5.32 Å². The molecule has 1 unspecified atom stereocenters. The summed E-state index contributed by atoms with van der Waals surface area (Å²) in [5.41, 5.74) is 0.858. The van der Waals surface area contributed by atoms with Gasteiger partial charge in [0.25, 0.3) is 0 Å². The number of anilines is 1. The number of aromatic nitrogens is 2. The van der Waals surface area contributed by atoms with Crippen LogP contribution in [0.3, 0.4) is 0 Å². The molecule has 1 amide bonds. The minimum atomic E-state index is -4.50. The van der Waals surface area contributed by atoms with Crippen molar-refractivity contribution in [2.45, 2.75) is 29.8 Å². The number of amides is 1. The first-order chi connectivity index (χ1) is 15.8. The van der Waals surface area contributed by atoms with E-state index in [9.17, 15) is 22.4 Å². The van der Waals surface area contributed by atoms with E-state index in [0.717, 1.165) is 33.5 Å². The molecule has 0 aliphatic heterocycles. The Bertz CT molecular complexity index is 1290. The van der Waals surface area contributed by atoms with Crippen molar-refractivity contribution in [1.82, 2.24) is 9.97 Å². The second-order valence-electron chi connectivity index (χ2n) is 7.10. The highest BCUT2D eigenvalue weighted by molar-refractivity contribution is 8.00. The molecule has 0 aliphatic carbocycles. The summed E-state index contributed by atoms with van der Waals surface area (Å²) in [6, 6.07) is 10.6. The standard InChI is InChI=1S/C23H17F4N3OS2/c1-2-18(20(31)30-16-5-3-4-14(10-16)23(25,26)27)33-22-19-17(11-32-21(19)28-12-29-22)13-6-8-15(24)9-7-13/h3-12,18H,2H2,1H3,(H,30,31). The fraction of sp³-hybridized carbons (Fsp3) is 0.174. The molecule has 1 atom stereocenters. The monoisotopic (exact) mass is 491 g/mol. The summed E-state index contributed by atoms with van der Waals surface area (Å²) in [4.78, 5) is 22.3. The Morgan fingerprint density at radius 3 is 2.61 bits per heavy atom. The van der Waals surface area contributed by atoms with E-state index in [2.05, 4.69) is 15.3 Å². The van der Waals surface area contributed by atoms with Crippen molar-refractivity contribution in [2.24, 2.45) is 0 Å². The predicted molar refractivity (Wildman–Crippen MR) is 123 cm³/mol. The molecule has 33 heavy (non-hydrogen) atoms. The molecule has 170 valence electrons. The smallest absolute Gasteiger partial charge is 0.325 e. The number of hydrogen-bond donors (Lipinski definition) is 1. The zero-order chi connectivity index (χ0) is 23.6. The maximum Gasteiger partial charge on any atom is 0.416 e. The summed E-state index contributed by atoms with van der Waals surface area (Å²) < 4.78 is 52.3. The SMILES string of the molecule is CCC(Sc1ncnc2scc(-c3ccc(F)cc3)c12)C(=O)Nc1cccc(C(F)(F)F)c1. The van der Waals surface area contributed by atoms with Gasteiger partial charge in [-0.15, -0.1) is 11.3 Å². The number of halogens is 4. The van der Waals surface area contributed by atoms with Crippen LogP contribution in [-0.4, -0.2) is 21.1 Å². The average Bonchev–Trinajstić information content (AvgIpc) is 3.22. The van der Waals surface area contributed by atoms with E-state index in [1.54, 1.807) is 12.1 Å². The van der Waals surface area contributed by atoms with E-state index >= 15 is 0 Å². The molecule has 0 saturated heterocycles. The van der Waals surface area contributed by atoms with Gasteiger partial charge in [-0.25, -0.2) is 14.4 Å². The number of fused-ring (bicyclic) bond motifs is 1. The quantitative estimate of drug-likeness (QED) is 0.179. The van der Waals surface area contributed by atoms with Gasteiger partial charge in [0.1, 0.15) is 22.0 Å². The fourth-order valence-corrected chi connectivity index (χ4v) is 5.25. The third kappa shape index (κ3) is 5.17. The average molecular weight is 492 g/mol. The first kappa shape index (κ1) is 23.2. The van der Waals surface area contributed by atoms with E-state index in [4.69, 9.17) is 0 Å². The van der Waals surface area contributed by atoms with Crippen LogP contribution in [0.4, 0.5) is 23.2 Å². The second-order valence-corrected chi connectivity index (χ2v) is 9.15. The number of nitrogens with zero attached hydrogens (tertiary/aromatic N) is 2. The molecule has 2 heterocycles. The van der Waals surface area contributed by atoms with Crippen molar-refractivity contribution in [3.63, 3.8) is 0 Å². The molecule has 0 bridgehead atoms. The number of alkyl halides is 3. The lowest BCUT2D eigenvalue weighted by Gasteiger charge is -2.16. The number of thioether (sulfide) groups is 1. The summed E-state index contributed by atoms with van der Waals surface area (Å²) in [5, 5.41) is 5.21. The molecule has 2 aromatic carbocycles. The van der Waals surface area contributed by atoms with E-state index in [1.165, 1.54) is 53.7 Å². The zero-order valence-electron chi connectivity index (χ0n) is 17.2. The van der Waals surface area contributed by atoms with Crippen LogP contribution in [-0.2, 0) is 11.0 Å². The fourth-order valence-electron chi connectivity index (χ4n) is 3.23. The van der Waals surface area contributed by atoms with Gasteiger partial charge in [0.05, 0.1) is 16.2 Å². The minimum Gasteiger partial charge on any atom is -0.325 e. The molecule has 4 aromatic rings. The number of thiophene rings is 1. The van der Waals surface area contributed by atoms with Crippen molar-refractivity contribution < 1.29 is 22.4 Å². The predicted octanol–water partition coefficient (Wildman–Crippen LogP) is 7.03. The third-order valence-corrected chi connectivity index (χ3v) is 7.12. The molecule has 0 fully saturated rings. The highest BCUT2D eigenvalue weighted by atomic mass is 32.2. The summed E-state index contributed by atoms with van der Waals surface area (Å²) in [6.45, 7) is 1.82. The number of carbonyl (C=O) groups is 1. The van der Waals surface area contributed by atoms with E-state index in [0.29, 0.717) is 11.4 Å². The van der Waals surface area contributed by atoms with Crippen molar-refractivity contribution in [3.05, 3.63) is 71.6 Å². The van der Waals surface area contributed by atoms with E-state index in [-0.39, 0.29) is 11.5 Å². The van der Waals surface area contributed by atoms with Gasteiger partial charge in [-0.3, -0.25) is 4.79 Å². The summed E-state index contributed by atoms with van der Waals surface area (Å²) in [5.74, 6) is -0.770. The Morgan fingerprint density at radius 1 is 1.15 bits per heavy atom. The van der Waals surface area contributed by atoms with Crippen LogP contribution in [0.2, 0.25) is 0 Å². The number of benzene rings is 2. The zero-order valence-corrected chi connectivity index (χ0v) is 18.8. The van der Waals surface area contributed by atoms with Gasteiger partial charge in [-0.2, -0.15) is 13.2 Å². The van der Waals surface area contributed by atoms with Crippen molar-refractivity contribution in [3.8, 4) is 11.1 Å². The van der Waals surface area contributed by atoms with Crippen LogP contribution in [0, 0.1) is 5.82 Å². The molecule has 0 aliphatic rings.